The molecular formula is C36H54N2O2. The van der Waals surface area contributed by atoms with Gasteiger partial charge in [-0.1, -0.05) is 80.4 Å². The first-order valence-electron chi connectivity index (χ1n) is 15.6. The summed E-state index contributed by atoms with van der Waals surface area (Å²) in [6.45, 7) is 17.3. The first-order chi connectivity index (χ1) is 18.8. The molecule has 1 aliphatic carbocycles. The zero-order chi connectivity index (χ0) is 29.5. The monoisotopic (exact) mass is 546 g/mol. The van der Waals surface area contributed by atoms with Gasteiger partial charge in [0.1, 0.15) is 11.5 Å². The zero-order valence-corrected chi connectivity index (χ0v) is 26.5. The van der Waals surface area contributed by atoms with Gasteiger partial charge in [0, 0.05) is 34.7 Å². The lowest BCUT2D eigenvalue weighted by Crippen LogP contribution is -2.21. The van der Waals surface area contributed by atoms with E-state index in [9.17, 15) is 10.2 Å². The normalized spacial score (nSPS) is 18.7. The van der Waals surface area contributed by atoms with Crippen molar-refractivity contribution in [2.45, 2.75) is 143 Å². The first kappa shape index (κ1) is 31.9. The van der Waals surface area contributed by atoms with Crippen molar-refractivity contribution in [2.24, 2.45) is 9.98 Å². The third-order valence-corrected chi connectivity index (χ3v) is 8.12. The molecule has 2 aromatic rings. The van der Waals surface area contributed by atoms with Gasteiger partial charge in [0.2, 0.25) is 0 Å². The maximum atomic E-state index is 11.1. The van der Waals surface area contributed by atoms with Crippen LogP contribution in [0.2, 0.25) is 0 Å². The predicted octanol–water partition coefficient (Wildman–Crippen LogP) is 9.23. The van der Waals surface area contributed by atoms with Crippen molar-refractivity contribution in [3.8, 4) is 11.5 Å². The van der Waals surface area contributed by atoms with Crippen LogP contribution in [0.1, 0.15) is 140 Å². The predicted molar refractivity (Wildman–Crippen MR) is 172 cm³/mol. The second-order valence-electron chi connectivity index (χ2n) is 13.9. The molecule has 2 aromatic carbocycles. The van der Waals surface area contributed by atoms with Crippen LogP contribution in [-0.4, -0.2) is 34.7 Å². The number of hydrogen-bond acceptors (Lipinski definition) is 4. The number of nitrogens with zero attached hydrogens (tertiary/aromatic N) is 2. The molecule has 3 rings (SSSR count). The quantitative estimate of drug-likeness (QED) is 0.292. The first-order valence-corrected chi connectivity index (χ1v) is 15.6. The van der Waals surface area contributed by atoms with E-state index in [-0.39, 0.29) is 22.9 Å². The Bertz CT molecular complexity index is 1090. The number of aryl methyl sites for hydroxylation is 2. The summed E-state index contributed by atoms with van der Waals surface area (Å²) in [5.74, 6) is 0.713. The number of aliphatic imine (C=N–C) groups is 2. The number of phenolic OH excluding ortho intramolecular Hbond substituents is 2. The number of rotatable bonds is 10. The minimum atomic E-state index is -0.133. The lowest BCUT2D eigenvalue weighted by molar-refractivity contribution is 0.397. The summed E-state index contributed by atoms with van der Waals surface area (Å²) in [6.07, 6.45) is 14.5. The lowest BCUT2D eigenvalue weighted by atomic mass is 9.83. The molecule has 2 N–H and O–H groups in total. The number of aromatic hydroxyl groups is 2. The highest BCUT2D eigenvalue weighted by Gasteiger charge is 2.24. The summed E-state index contributed by atoms with van der Waals surface area (Å²) in [5.41, 5.74) is 5.91. The Balaban J connectivity index is 1.80. The van der Waals surface area contributed by atoms with E-state index < -0.39 is 0 Å². The van der Waals surface area contributed by atoms with Crippen LogP contribution in [-0.2, 0) is 23.7 Å². The Morgan fingerprint density at radius 1 is 0.700 bits per heavy atom. The van der Waals surface area contributed by atoms with Crippen LogP contribution in [0.3, 0.4) is 0 Å². The molecule has 0 amide bonds. The van der Waals surface area contributed by atoms with Crippen LogP contribution >= 0.6 is 0 Å². The Kier molecular flexibility index (Phi) is 11.0. The van der Waals surface area contributed by atoms with Crippen molar-refractivity contribution >= 4 is 12.4 Å². The molecule has 0 radical (unpaired) electrons. The largest absolute Gasteiger partial charge is 0.507 e. The molecule has 0 aromatic heterocycles. The molecule has 40 heavy (non-hydrogen) atoms. The van der Waals surface area contributed by atoms with E-state index in [1.807, 2.05) is 12.4 Å². The van der Waals surface area contributed by atoms with Gasteiger partial charge in [0.25, 0.3) is 0 Å². The van der Waals surface area contributed by atoms with Crippen LogP contribution in [0.25, 0.3) is 0 Å². The fourth-order valence-corrected chi connectivity index (χ4v) is 5.61. The molecule has 1 fully saturated rings. The fraction of sp³-hybridized carbons (Fsp3) is 0.611. The summed E-state index contributed by atoms with van der Waals surface area (Å²) >= 11 is 0. The van der Waals surface area contributed by atoms with E-state index in [1.54, 1.807) is 0 Å². The third-order valence-electron chi connectivity index (χ3n) is 8.12. The molecule has 4 heteroatoms. The summed E-state index contributed by atoms with van der Waals surface area (Å²) in [6, 6.07) is 8.94. The highest BCUT2D eigenvalue weighted by atomic mass is 16.3. The van der Waals surface area contributed by atoms with Crippen LogP contribution in [0, 0.1) is 0 Å². The van der Waals surface area contributed by atoms with Crippen molar-refractivity contribution in [2.75, 3.05) is 0 Å². The number of benzene rings is 2. The van der Waals surface area contributed by atoms with Crippen LogP contribution < -0.4 is 0 Å². The lowest BCUT2D eigenvalue weighted by Gasteiger charge is -2.25. The van der Waals surface area contributed by atoms with Gasteiger partial charge in [-0.15, -0.1) is 0 Å². The maximum Gasteiger partial charge on any atom is 0.128 e. The van der Waals surface area contributed by atoms with Gasteiger partial charge < -0.3 is 10.2 Å². The van der Waals surface area contributed by atoms with E-state index in [4.69, 9.17) is 9.98 Å². The van der Waals surface area contributed by atoms with Crippen molar-refractivity contribution in [1.82, 2.24) is 0 Å². The SMILES string of the molecule is CCCCc1cc(C=NC2CCCC(N=Cc3cc(CCCC)cc(C(C)(C)C)c3O)C2)c(O)c(C(C)(C)C)c1. The molecule has 0 spiro atoms. The smallest absolute Gasteiger partial charge is 0.128 e. The minimum Gasteiger partial charge on any atom is -0.507 e. The van der Waals surface area contributed by atoms with Gasteiger partial charge in [-0.2, -0.15) is 0 Å². The van der Waals surface area contributed by atoms with E-state index in [1.165, 1.54) is 11.1 Å². The van der Waals surface area contributed by atoms with Crippen molar-refractivity contribution in [1.29, 1.82) is 0 Å². The third kappa shape index (κ3) is 8.69. The minimum absolute atomic E-state index is 0.133. The molecule has 0 saturated heterocycles. The van der Waals surface area contributed by atoms with Gasteiger partial charge in [0.05, 0.1) is 12.1 Å². The van der Waals surface area contributed by atoms with Gasteiger partial charge in [-0.3, -0.25) is 9.98 Å². The molecule has 1 saturated carbocycles. The van der Waals surface area contributed by atoms with Crippen LogP contribution in [0.15, 0.2) is 34.3 Å². The van der Waals surface area contributed by atoms with E-state index in [2.05, 4.69) is 79.7 Å². The Hall–Kier alpha value is -2.62. The van der Waals surface area contributed by atoms with Crippen molar-refractivity contribution in [3.63, 3.8) is 0 Å². The summed E-state index contributed by atoms with van der Waals surface area (Å²) in [7, 11) is 0. The number of phenols is 2. The standard InChI is InChI=1S/C36H54N2O2/c1-9-11-14-25-18-27(33(39)31(20-25)35(3,4)5)23-37-29-16-13-17-30(22-29)38-24-28-19-26(15-12-10-2)21-32(34(28)40)36(6,7)8/h18-21,23-24,29-30,39-40H,9-17,22H2,1-8H3. The molecule has 1 aliphatic rings. The highest BCUT2D eigenvalue weighted by molar-refractivity contribution is 5.85. The Morgan fingerprint density at radius 2 is 1.10 bits per heavy atom. The van der Waals surface area contributed by atoms with Gasteiger partial charge in [0.15, 0.2) is 0 Å². The fourth-order valence-electron chi connectivity index (χ4n) is 5.61. The van der Waals surface area contributed by atoms with Gasteiger partial charge in [-0.05, 0) is 85.5 Å². The number of hydrogen-bond donors (Lipinski definition) is 2. The maximum absolute atomic E-state index is 11.1. The molecule has 2 unspecified atom stereocenters. The molecule has 0 bridgehead atoms. The van der Waals surface area contributed by atoms with Gasteiger partial charge in [-0.25, -0.2) is 0 Å². The summed E-state index contributed by atoms with van der Waals surface area (Å²) in [5, 5.41) is 22.2. The van der Waals surface area contributed by atoms with Crippen molar-refractivity contribution in [3.05, 3.63) is 57.6 Å². The van der Waals surface area contributed by atoms with Crippen LogP contribution in [0.4, 0.5) is 0 Å². The summed E-state index contributed by atoms with van der Waals surface area (Å²) in [4.78, 5) is 9.94. The average Bonchev–Trinajstić information content (AvgIpc) is 2.89. The topological polar surface area (TPSA) is 65.2 Å². The molecule has 4 nitrogen and oxygen atoms in total. The van der Waals surface area contributed by atoms with E-state index in [0.29, 0.717) is 11.5 Å². The molecule has 0 aliphatic heterocycles. The zero-order valence-electron chi connectivity index (χ0n) is 26.5. The van der Waals surface area contributed by atoms with E-state index in [0.717, 1.165) is 86.5 Å². The van der Waals surface area contributed by atoms with E-state index >= 15 is 0 Å². The second kappa shape index (κ2) is 13.8. The summed E-state index contributed by atoms with van der Waals surface area (Å²) < 4.78 is 0. The molecule has 2 atom stereocenters. The molecule has 220 valence electrons. The number of unbranched alkanes of at least 4 members (excludes halogenated alkanes) is 2. The molecule has 0 heterocycles. The second-order valence-corrected chi connectivity index (χ2v) is 13.9. The average molecular weight is 547 g/mol. The van der Waals surface area contributed by atoms with Crippen LogP contribution in [0.5, 0.6) is 11.5 Å². The Morgan fingerprint density at radius 3 is 1.45 bits per heavy atom. The highest BCUT2D eigenvalue weighted by Crippen LogP contribution is 2.36. The Labute approximate surface area is 244 Å². The van der Waals surface area contributed by atoms with Crippen molar-refractivity contribution < 1.29 is 10.2 Å². The van der Waals surface area contributed by atoms with Gasteiger partial charge >= 0.3 is 0 Å². The molecular weight excluding hydrogens is 492 g/mol.